The van der Waals surface area contributed by atoms with Crippen molar-refractivity contribution in [3.63, 3.8) is 0 Å². The minimum atomic E-state index is 0.294. The van der Waals surface area contributed by atoms with E-state index >= 15 is 0 Å². The van der Waals surface area contributed by atoms with E-state index in [1.54, 1.807) is 13.4 Å². The first-order chi connectivity index (χ1) is 13.6. The molecule has 6 nitrogen and oxygen atoms in total. The van der Waals surface area contributed by atoms with Gasteiger partial charge >= 0.3 is 0 Å². The molecule has 1 aromatic carbocycles. The first kappa shape index (κ1) is 19.4. The number of aromatic amines is 1. The van der Waals surface area contributed by atoms with Gasteiger partial charge in [0, 0.05) is 30.0 Å². The number of ether oxygens (including phenoxy) is 1. The van der Waals surface area contributed by atoms with Gasteiger partial charge in [0.25, 0.3) is 0 Å². The zero-order valence-electron chi connectivity index (χ0n) is 16.3. The fourth-order valence-corrected chi connectivity index (χ4v) is 4.33. The topological polar surface area (TPSA) is 66.1 Å². The molecule has 0 aliphatic carbocycles. The highest BCUT2D eigenvalue weighted by molar-refractivity contribution is 9.10. The van der Waals surface area contributed by atoms with E-state index in [2.05, 4.69) is 54.2 Å². The summed E-state index contributed by atoms with van der Waals surface area (Å²) in [6.07, 6.45) is 5.97. The predicted octanol–water partition coefficient (Wildman–Crippen LogP) is 4.71. The van der Waals surface area contributed by atoms with Gasteiger partial charge in [0.05, 0.1) is 12.0 Å². The van der Waals surface area contributed by atoms with Gasteiger partial charge in [0.1, 0.15) is 17.8 Å². The lowest BCUT2D eigenvalue weighted by molar-refractivity contribution is 0.0323. The van der Waals surface area contributed by atoms with Gasteiger partial charge in [-0.05, 0) is 55.1 Å². The lowest BCUT2D eigenvalue weighted by atomic mass is 9.81. The largest absolute Gasteiger partial charge is 0.384 e. The van der Waals surface area contributed by atoms with E-state index in [0.29, 0.717) is 5.41 Å². The molecule has 0 spiro atoms. The molecule has 0 atom stereocenters. The van der Waals surface area contributed by atoms with Crippen LogP contribution in [0.3, 0.4) is 0 Å². The van der Waals surface area contributed by atoms with Crippen LogP contribution in [0.15, 0.2) is 41.3 Å². The summed E-state index contributed by atoms with van der Waals surface area (Å²) in [5.41, 5.74) is 3.38. The Labute approximate surface area is 173 Å². The molecular formula is C21H26BrN5O. The zero-order chi connectivity index (χ0) is 19.6. The van der Waals surface area contributed by atoms with E-state index in [1.165, 1.54) is 5.56 Å². The number of methoxy groups -OCH3 is 1. The number of likely N-dealkylation sites (tertiary alicyclic amines) is 1. The normalized spacial score (nSPS) is 17.1. The van der Waals surface area contributed by atoms with E-state index in [0.717, 1.165) is 66.1 Å². The maximum atomic E-state index is 5.41. The van der Waals surface area contributed by atoms with Crippen LogP contribution < -0.4 is 5.32 Å². The minimum absolute atomic E-state index is 0.294. The number of nitrogens with zero attached hydrogens (tertiary/aromatic N) is 3. The van der Waals surface area contributed by atoms with Gasteiger partial charge in [-0.1, -0.05) is 28.9 Å². The van der Waals surface area contributed by atoms with Crippen molar-refractivity contribution in [3.05, 3.63) is 46.8 Å². The van der Waals surface area contributed by atoms with Crippen LogP contribution in [-0.4, -0.2) is 46.7 Å². The molecule has 1 saturated heterocycles. The first-order valence-corrected chi connectivity index (χ1v) is 10.4. The summed E-state index contributed by atoms with van der Waals surface area (Å²) >= 11 is 3.52. The van der Waals surface area contributed by atoms with Gasteiger partial charge in [-0.2, -0.15) is 0 Å². The fraction of sp³-hybridized carbons (Fsp3) is 0.429. The minimum Gasteiger partial charge on any atom is -0.384 e. The standard InChI is InChI=1S/C21H26BrN5O/c1-21(13-28-2)6-8-27(9-7-21)12-15-11-23-19-18(15)20(25-14-24-19)26-17-5-3-4-16(22)10-17/h3-5,10-11,14H,6-9,12-13H2,1-2H3,(H2,23,24,25,26). The van der Waals surface area contributed by atoms with Crippen molar-refractivity contribution in [2.45, 2.75) is 26.3 Å². The molecule has 3 heterocycles. The van der Waals surface area contributed by atoms with Crippen LogP contribution in [0.4, 0.5) is 11.5 Å². The molecule has 0 unspecified atom stereocenters. The average Bonchev–Trinajstić information content (AvgIpc) is 3.08. The zero-order valence-corrected chi connectivity index (χ0v) is 17.9. The molecule has 2 N–H and O–H groups in total. The maximum absolute atomic E-state index is 5.41. The molecule has 0 amide bonds. The number of anilines is 2. The van der Waals surface area contributed by atoms with Crippen LogP contribution in [-0.2, 0) is 11.3 Å². The van der Waals surface area contributed by atoms with E-state index in [1.807, 2.05) is 24.3 Å². The van der Waals surface area contributed by atoms with Crippen molar-refractivity contribution < 1.29 is 4.74 Å². The Bertz CT molecular complexity index is 949. The number of hydrogen-bond acceptors (Lipinski definition) is 5. The second-order valence-corrected chi connectivity index (χ2v) is 8.83. The molecule has 3 aromatic rings. The molecule has 0 saturated carbocycles. The average molecular weight is 444 g/mol. The van der Waals surface area contributed by atoms with Gasteiger partial charge in [-0.25, -0.2) is 9.97 Å². The van der Waals surface area contributed by atoms with E-state index in [-0.39, 0.29) is 0 Å². The fourth-order valence-electron chi connectivity index (χ4n) is 3.93. The van der Waals surface area contributed by atoms with E-state index in [4.69, 9.17) is 4.74 Å². The van der Waals surface area contributed by atoms with Crippen molar-refractivity contribution in [1.29, 1.82) is 0 Å². The van der Waals surface area contributed by atoms with Crippen LogP contribution in [0, 0.1) is 5.41 Å². The Balaban J connectivity index is 1.54. The van der Waals surface area contributed by atoms with Crippen molar-refractivity contribution in [2.75, 3.05) is 32.1 Å². The number of aromatic nitrogens is 3. The number of benzene rings is 1. The summed E-state index contributed by atoms with van der Waals surface area (Å²) in [5.74, 6) is 0.834. The molecule has 148 valence electrons. The Hall–Kier alpha value is -1.96. The molecule has 0 bridgehead atoms. The van der Waals surface area contributed by atoms with E-state index < -0.39 is 0 Å². The van der Waals surface area contributed by atoms with Crippen LogP contribution in [0.2, 0.25) is 0 Å². The van der Waals surface area contributed by atoms with Crippen LogP contribution in [0.1, 0.15) is 25.3 Å². The SMILES string of the molecule is COCC1(C)CCN(Cc2c[nH]c3ncnc(Nc4cccc(Br)c4)c23)CC1. The van der Waals surface area contributed by atoms with Crippen molar-refractivity contribution >= 4 is 38.5 Å². The molecule has 0 radical (unpaired) electrons. The van der Waals surface area contributed by atoms with Crippen molar-refractivity contribution in [1.82, 2.24) is 19.9 Å². The smallest absolute Gasteiger partial charge is 0.143 e. The molecule has 2 aromatic heterocycles. The summed E-state index contributed by atoms with van der Waals surface area (Å²) in [6.45, 7) is 6.21. The highest BCUT2D eigenvalue weighted by Crippen LogP contribution is 2.33. The second-order valence-electron chi connectivity index (χ2n) is 7.91. The number of H-pyrrole nitrogens is 1. The van der Waals surface area contributed by atoms with Crippen LogP contribution in [0.5, 0.6) is 0 Å². The molecule has 28 heavy (non-hydrogen) atoms. The summed E-state index contributed by atoms with van der Waals surface area (Å²) in [7, 11) is 1.80. The van der Waals surface area contributed by atoms with Crippen molar-refractivity contribution in [3.8, 4) is 0 Å². The second kappa shape index (κ2) is 8.19. The molecular weight excluding hydrogens is 418 g/mol. The number of rotatable bonds is 6. The third kappa shape index (κ3) is 4.21. The van der Waals surface area contributed by atoms with Crippen LogP contribution >= 0.6 is 15.9 Å². The van der Waals surface area contributed by atoms with Crippen LogP contribution in [0.25, 0.3) is 11.0 Å². The number of hydrogen-bond donors (Lipinski definition) is 2. The van der Waals surface area contributed by atoms with Gasteiger partial charge in [0.15, 0.2) is 0 Å². The van der Waals surface area contributed by atoms with Crippen molar-refractivity contribution in [2.24, 2.45) is 5.41 Å². The molecule has 7 heteroatoms. The molecule has 1 aliphatic heterocycles. The number of halogens is 1. The highest BCUT2D eigenvalue weighted by Gasteiger charge is 2.30. The number of fused-ring (bicyclic) bond motifs is 1. The van der Waals surface area contributed by atoms with E-state index in [9.17, 15) is 0 Å². The summed E-state index contributed by atoms with van der Waals surface area (Å²) < 4.78 is 6.44. The summed E-state index contributed by atoms with van der Waals surface area (Å²) in [4.78, 5) is 14.7. The summed E-state index contributed by atoms with van der Waals surface area (Å²) in [5, 5.41) is 4.51. The molecule has 1 aliphatic rings. The Morgan fingerprint density at radius 3 is 2.86 bits per heavy atom. The predicted molar refractivity (Wildman–Crippen MR) is 116 cm³/mol. The maximum Gasteiger partial charge on any atom is 0.143 e. The van der Waals surface area contributed by atoms with Gasteiger partial charge in [-0.15, -0.1) is 0 Å². The first-order valence-electron chi connectivity index (χ1n) is 9.61. The molecule has 1 fully saturated rings. The lowest BCUT2D eigenvalue weighted by Gasteiger charge is -2.38. The lowest BCUT2D eigenvalue weighted by Crippen LogP contribution is -2.40. The van der Waals surface area contributed by atoms with Gasteiger partial charge in [-0.3, -0.25) is 4.90 Å². The van der Waals surface area contributed by atoms with Gasteiger partial charge in [0.2, 0.25) is 0 Å². The third-order valence-electron chi connectivity index (χ3n) is 5.59. The molecule has 4 rings (SSSR count). The quantitative estimate of drug-likeness (QED) is 0.577. The Kier molecular flexibility index (Phi) is 5.66. The summed E-state index contributed by atoms with van der Waals surface area (Å²) in [6, 6.07) is 8.09. The monoisotopic (exact) mass is 443 g/mol. The number of nitrogens with one attached hydrogen (secondary N) is 2. The number of piperidine rings is 1. The third-order valence-corrected chi connectivity index (χ3v) is 6.08. The highest BCUT2D eigenvalue weighted by atomic mass is 79.9. The van der Waals surface area contributed by atoms with Gasteiger partial charge < -0.3 is 15.0 Å². The Morgan fingerprint density at radius 1 is 1.29 bits per heavy atom. The Morgan fingerprint density at radius 2 is 2.11 bits per heavy atom.